The first-order valence-corrected chi connectivity index (χ1v) is 10.6. The van der Waals surface area contributed by atoms with Gasteiger partial charge in [0, 0.05) is 11.9 Å². The lowest BCUT2D eigenvalue weighted by molar-refractivity contribution is -0.137. The van der Waals surface area contributed by atoms with Crippen LogP contribution < -0.4 is 10.3 Å². The summed E-state index contributed by atoms with van der Waals surface area (Å²) >= 11 is 0. The molecular weight excluding hydrogens is 443 g/mol. The minimum atomic E-state index is -4.44. The molecule has 5 rings (SSSR count). The van der Waals surface area contributed by atoms with Crippen LogP contribution in [0.15, 0.2) is 83.9 Å². The fourth-order valence-corrected chi connectivity index (χ4v) is 4.18. The van der Waals surface area contributed by atoms with Crippen molar-refractivity contribution >= 4 is 21.9 Å². The first-order chi connectivity index (χ1) is 16.3. The first kappa shape index (κ1) is 21.8. The van der Waals surface area contributed by atoms with Crippen molar-refractivity contribution in [2.75, 3.05) is 7.11 Å². The van der Waals surface area contributed by atoms with Crippen molar-refractivity contribution in [2.24, 2.45) is 0 Å². The van der Waals surface area contributed by atoms with E-state index in [1.54, 1.807) is 17.7 Å². The second-order valence-corrected chi connectivity index (χ2v) is 8.02. The van der Waals surface area contributed by atoms with Crippen LogP contribution in [0.4, 0.5) is 13.2 Å². The Kier molecular flexibility index (Phi) is 5.36. The number of fused-ring (bicyclic) bond motifs is 3. The number of aromatic nitrogens is 3. The van der Waals surface area contributed by atoms with Gasteiger partial charge in [-0.15, -0.1) is 0 Å². The van der Waals surface area contributed by atoms with E-state index in [1.165, 1.54) is 17.0 Å². The molecule has 0 amide bonds. The number of alkyl halides is 3. The molecule has 0 bridgehead atoms. The Morgan fingerprint density at radius 1 is 0.912 bits per heavy atom. The molecule has 172 valence electrons. The van der Waals surface area contributed by atoms with Crippen molar-refractivity contribution in [2.45, 2.75) is 19.3 Å². The zero-order valence-electron chi connectivity index (χ0n) is 18.2. The van der Waals surface area contributed by atoms with E-state index < -0.39 is 11.7 Å². The average Bonchev–Trinajstić information content (AvgIpc) is 3.15. The highest BCUT2D eigenvalue weighted by molar-refractivity contribution is 6.05. The molecule has 0 saturated carbocycles. The zero-order valence-corrected chi connectivity index (χ0v) is 18.2. The number of halogens is 3. The van der Waals surface area contributed by atoms with Gasteiger partial charge in [0.15, 0.2) is 0 Å². The number of methoxy groups -OCH3 is 1. The van der Waals surface area contributed by atoms with E-state index in [2.05, 4.69) is 4.98 Å². The summed E-state index contributed by atoms with van der Waals surface area (Å²) in [6.07, 6.45) is -2.93. The molecule has 0 aliphatic heterocycles. The summed E-state index contributed by atoms with van der Waals surface area (Å²) in [6.45, 7) is 0.411. The molecule has 0 spiro atoms. The van der Waals surface area contributed by atoms with Crippen molar-refractivity contribution in [3.63, 3.8) is 0 Å². The number of ether oxygens (including phenoxy) is 1. The first-order valence-electron chi connectivity index (χ1n) is 10.6. The quantitative estimate of drug-likeness (QED) is 0.347. The van der Waals surface area contributed by atoms with Gasteiger partial charge in [-0.1, -0.05) is 42.5 Å². The van der Waals surface area contributed by atoms with Crippen LogP contribution in [0.25, 0.3) is 21.9 Å². The average molecular weight is 463 g/mol. The third-order valence-corrected chi connectivity index (χ3v) is 5.84. The molecule has 0 aliphatic rings. The van der Waals surface area contributed by atoms with Gasteiger partial charge < -0.3 is 9.30 Å². The molecule has 5 nitrogen and oxygen atoms in total. The number of benzene rings is 3. The monoisotopic (exact) mass is 463 g/mol. The van der Waals surface area contributed by atoms with Crippen molar-refractivity contribution in [3.05, 3.63) is 106 Å². The van der Waals surface area contributed by atoms with Crippen LogP contribution in [-0.4, -0.2) is 21.2 Å². The van der Waals surface area contributed by atoms with Crippen LogP contribution in [0.2, 0.25) is 0 Å². The third kappa shape index (κ3) is 3.91. The lowest BCUT2D eigenvalue weighted by Crippen LogP contribution is -2.23. The number of hydrogen-bond donors (Lipinski definition) is 0. The molecule has 2 aromatic heterocycles. The third-order valence-electron chi connectivity index (χ3n) is 5.84. The molecule has 3 aromatic carbocycles. The van der Waals surface area contributed by atoms with E-state index in [-0.39, 0.29) is 12.1 Å². The van der Waals surface area contributed by atoms with Gasteiger partial charge in [-0.05, 0) is 41.5 Å². The van der Waals surface area contributed by atoms with Gasteiger partial charge in [-0.25, -0.2) is 4.98 Å². The molecule has 0 atom stereocenters. The SMILES string of the molecule is COc1ccc(Cn2cnc3c4ccccc4n(Cc4cccc(C(F)(F)F)c4)c3c2=O)cc1. The molecule has 0 aliphatic carbocycles. The smallest absolute Gasteiger partial charge is 0.416 e. The summed E-state index contributed by atoms with van der Waals surface area (Å²) in [5.74, 6) is 0.714. The highest BCUT2D eigenvalue weighted by atomic mass is 19.4. The molecule has 34 heavy (non-hydrogen) atoms. The molecule has 0 N–H and O–H groups in total. The Morgan fingerprint density at radius 3 is 2.41 bits per heavy atom. The van der Waals surface area contributed by atoms with E-state index in [1.807, 2.05) is 48.5 Å². The van der Waals surface area contributed by atoms with Crippen LogP contribution in [-0.2, 0) is 19.3 Å². The lowest BCUT2D eigenvalue weighted by atomic mass is 10.1. The van der Waals surface area contributed by atoms with Gasteiger partial charge in [0.05, 0.1) is 31.1 Å². The largest absolute Gasteiger partial charge is 0.497 e. The van der Waals surface area contributed by atoms with E-state index in [0.29, 0.717) is 28.9 Å². The van der Waals surface area contributed by atoms with Gasteiger partial charge in [-0.2, -0.15) is 13.2 Å². The van der Waals surface area contributed by atoms with E-state index in [9.17, 15) is 18.0 Å². The minimum Gasteiger partial charge on any atom is -0.497 e. The van der Waals surface area contributed by atoms with Gasteiger partial charge in [0.25, 0.3) is 5.56 Å². The highest BCUT2D eigenvalue weighted by Gasteiger charge is 2.30. The molecule has 2 heterocycles. The maximum atomic E-state index is 13.6. The van der Waals surface area contributed by atoms with Crippen LogP contribution in [0.1, 0.15) is 16.7 Å². The van der Waals surface area contributed by atoms with Crippen LogP contribution in [0.5, 0.6) is 5.75 Å². The normalized spacial score (nSPS) is 11.9. The molecule has 0 unspecified atom stereocenters. The molecule has 0 fully saturated rings. The Hall–Kier alpha value is -4.07. The summed E-state index contributed by atoms with van der Waals surface area (Å²) in [6, 6.07) is 19.9. The van der Waals surface area contributed by atoms with E-state index >= 15 is 0 Å². The summed E-state index contributed by atoms with van der Waals surface area (Å²) in [5.41, 5.74) is 1.98. The predicted octanol–water partition coefficient (Wildman–Crippen LogP) is 5.48. The predicted molar refractivity (Wildman–Crippen MR) is 124 cm³/mol. The Labute approximate surface area is 192 Å². The summed E-state index contributed by atoms with van der Waals surface area (Å²) in [5, 5.41) is 0.776. The Balaban J connectivity index is 1.64. The highest BCUT2D eigenvalue weighted by Crippen LogP contribution is 2.31. The number of hydrogen-bond acceptors (Lipinski definition) is 3. The van der Waals surface area contributed by atoms with E-state index in [4.69, 9.17) is 4.74 Å². The number of nitrogens with zero attached hydrogens (tertiary/aromatic N) is 3. The number of para-hydroxylation sites is 1. The molecule has 0 saturated heterocycles. The number of rotatable bonds is 5. The Morgan fingerprint density at radius 2 is 1.68 bits per heavy atom. The molecule has 8 heteroatoms. The summed E-state index contributed by atoms with van der Waals surface area (Å²) in [4.78, 5) is 18.1. The summed E-state index contributed by atoms with van der Waals surface area (Å²) in [7, 11) is 1.58. The Bertz CT molecular complexity index is 1550. The lowest BCUT2D eigenvalue weighted by Gasteiger charge is -2.12. The van der Waals surface area contributed by atoms with Crippen LogP contribution >= 0.6 is 0 Å². The summed E-state index contributed by atoms with van der Waals surface area (Å²) < 4.78 is 48.2. The maximum Gasteiger partial charge on any atom is 0.416 e. The topological polar surface area (TPSA) is 49.0 Å². The maximum absolute atomic E-state index is 13.6. The zero-order chi connectivity index (χ0) is 23.9. The van der Waals surface area contributed by atoms with Crippen molar-refractivity contribution in [1.82, 2.24) is 14.1 Å². The van der Waals surface area contributed by atoms with Crippen LogP contribution in [0.3, 0.4) is 0 Å². The van der Waals surface area contributed by atoms with Crippen molar-refractivity contribution in [1.29, 1.82) is 0 Å². The van der Waals surface area contributed by atoms with Crippen LogP contribution in [0, 0.1) is 0 Å². The molecular formula is C26H20F3N3O2. The fourth-order valence-electron chi connectivity index (χ4n) is 4.18. The second kappa shape index (κ2) is 8.37. The van der Waals surface area contributed by atoms with E-state index in [0.717, 1.165) is 28.6 Å². The molecule has 5 aromatic rings. The van der Waals surface area contributed by atoms with Gasteiger partial charge in [0.1, 0.15) is 16.8 Å². The van der Waals surface area contributed by atoms with Gasteiger partial charge in [0.2, 0.25) is 0 Å². The van der Waals surface area contributed by atoms with Crippen molar-refractivity contribution in [3.8, 4) is 5.75 Å². The molecule has 0 radical (unpaired) electrons. The van der Waals surface area contributed by atoms with Gasteiger partial charge >= 0.3 is 6.18 Å². The van der Waals surface area contributed by atoms with Crippen molar-refractivity contribution < 1.29 is 17.9 Å². The standard InChI is InChI=1S/C26H20F3N3O2/c1-34-20-11-9-17(10-12-20)14-31-16-30-23-21-7-2-3-8-22(21)32(24(23)25(31)33)15-18-5-4-6-19(13-18)26(27,28)29/h2-13,16H,14-15H2,1H3. The van der Waals surface area contributed by atoms with Gasteiger partial charge in [-0.3, -0.25) is 9.36 Å². The fraction of sp³-hybridized carbons (Fsp3) is 0.154. The second-order valence-electron chi connectivity index (χ2n) is 8.02. The minimum absolute atomic E-state index is 0.109.